The first-order valence-corrected chi connectivity index (χ1v) is 9.03. The number of hydrogen-bond acceptors (Lipinski definition) is 3. The summed E-state index contributed by atoms with van der Waals surface area (Å²) in [4.78, 5) is 0. The van der Waals surface area contributed by atoms with E-state index < -0.39 is 10.0 Å². The van der Waals surface area contributed by atoms with Gasteiger partial charge in [-0.2, -0.15) is 0 Å². The van der Waals surface area contributed by atoms with Crippen molar-refractivity contribution < 1.29 is 8.42 Å². The highest BCUT2D eigenvalue weighted by atomic mass is 32.2. The summed E-state index contributed by atoms with van der Waals surface area (Å²) < 4.78 is 26.4. The molecule has 1 aliphatic carbocycles. The lowest BCUT2D eigenvalue weighted by Crippen LogP contribution is -2.43. The van der Waals surface area contributed by atoms with E-state index in [9.17, 15) is 8.42 Å². The van der Waals surface area contributed by atoms with Crippen LogP contribution in [0.1, 0.15) is 52.9 Å². The van der Waals surface area contributed by atoms with Gasteiger partial charge in [-0.25, -0.2) is 12.7 Å². The van der Waals surface area contributed by atoms with Crippen LogP contribution < -0.4 is 5.32 Å². The Kier molecular flexibility index (Phi) is 6.77. The second-order valence-electron chi connectivity index (χ2n) is 6.20. The summed E-state index contributed by atoms with van der Waals surface area (Å²) in [5, 5.41) is 2.85. The van der Waals surface area contributed by atoms with Crippen LogP contribution in [-0.2, 0) is 10.0 Å². The lowest BCUT2D eigenvalue weighted by Gasteiger charge is -2.28. The van der Waals surface area contributed by atoms with Gasteiger partial charge in [-0.05, 0) is 25.7 Å². The summed E-state index contributed by atoms with van der Waals surface area (Å²) in [6.45, 7) is 7.07. The predicted molar refractivity (Wildman–Crippen MR) is 80.7 cm³/mol. The van der Waals surface area contributed by atoms with Crippen molar-refractivity contribution in [3.8, 4) is 0 Å². The van der Waals surface area contributed by atoms with Crippen molar-refractivity contribution in [3.63, 3.8) is 0 Å². The van der Waals surface area contributed by atoms with Crippen molar-refractivity contribution in [2.45, 2.75) is 64.2 Å². The van der Waals surface area contributed by atoms with Gasteiger partial charge in [0.2, 0.25) is 10.0 Å². The summed E-state index contributed by atoms with van der Waals surface area (Å²) in [7, 11) is -1.43. The minimum atomic E-state index is -3.16. The van der Waals surface area contributed by atoms with Crippen molar-refractivity contribution in [2.75, 3.05) is 20.1 Å². The monoisotopic (exact) mass is 290 g/mol. The number of hydrogen-bond donors (Lipinski definition) is 1. The molecule has 0 saturated heterocycles. The van der Waals surface area contributed by atoms with Crippen LogP contribution in [0.4, 0.5) is 0 Å². The van der Waals surface area contributed by atoms with Gasteiger partial charge in [-0.1, -0.05) is 33.1 Å². The quantitative estimate of drug-likeness (QED) is 0.782. The highest BCUT2D eigenvalue weighted by molar-refractivity contribution is 7.89. The third-order valence-electron chi connectivity index (χ3n) is 4.00. The van der Waals surface area contributed by atoms with E-state index in [4.69, 9.17) is 0 Å². The number of nitrogens with one attached hydrogen (secondary N) is 1. The van der Waals surface area contributed by atoms with Crippen molar-refractivity contribution in [1.82, 2.24) is 9.62 Å². The molecule has 19 heavy (non-hydrogen) atoms. The van der Waals surface area contributed by atoms with Crippen LogP contribution in [0, 0.1) is 5.92 Å². The lowest BCUT2D eigenvalue weighted by molar-refractivity contribution is 0.298. The third kappa shape index (κ3) is 5.40. The molecule has 114 valence electrons. The molecule has 1 saturated carbocycles. The van der Waals surface area contributed by atoms with E-state index in [-0.39, 0.29) is 5.25 Å². The summed E-state index contributed by atoms with van der Waals surface area (Å²) >= 11 is 0. The molecule has 1 atom stereocenters. The summed E-state index contributed by atoms with van der Waals surface area (Å²) in [5.74, 6) is 0.554. The van der Waals surface area contributed by atoms with Crippen LogP contribution in [-0.4, -0.2) is 44.2 Å². The Hall–Kier alpha value is -0.130. The summed E-state index contributed by atoms with van der Waals surface area (Å²) in [6.07, 6.45) is 6.17. The maximum Gasteiger partial charge on any atom is 0.217 e. The van der Waals surface area contributed by atoms with Crippen molar-refractivity contribution in [1.29, 1.82) is 0 Å². The van der Waals surface area contributed by atoms with Gasteiger partial charge in [0.05, 0.1) is 5.25 Å². The minimum absolute atomic E-state index is 0.321. The van der Waals surface area contributed by atoms with Crippen LogP contribution >= 0.6 is 0 Å². The van der Waals surface area contributed by atoms with E-state index in [1.807, 2.05) is 13.8 Å². The highest BCUT2D eigenvalue weighted by Gasteiger charge is 2.28. The molecule has 0 radical (unpaired) electrons. The fourth-order valence-corrected chi connectivity index (χ4v) is 3.99. The third-order valence-corrected chi connectivity index (χ3v) is 6.20. The lowest BCUT2D eigenvalue weighted by atomic mass is 9.89. The molecular weight excluding hydrogens is 260 g/mol. The molecule has 4 nitrogen and oxygen atoms in total. The smallest absolute Gasteiger partial charge is 0.217 e. The zero-order valence-corrected chi connectivity index (χ0v) is 13.7. The topological polar surface area (TPSA) is 49.4 Å². The molecule has 1 fully saturated rings. The zero-order valence-electron chi connectivity index (χ0n) is 12.9. The Balaban J connectivity index is 2.49. The molecule has 1 aliphatic rings. The van der Waals surface area contributed by atoms with Gasteiger partial charge < -0.3 is 5.32 Å². The Morgan fingerprint density at radius 1 is 1.16 bits per heavy atom. The molecule has 1 unspecified atom stereocenters. The molecule has 0 amide bonds. The van der Waals surface area contributed by atoms with Gasteiger partial charge in [0.1, 0.15) is 0 Å². The average molecular weight is 290 g/mol. The zero-order chi connectivity index (χ0) is 14.5. The van der Waals surface area contributed by atoms with E-state index in [2.05, 4.69) is 5.32 Å². The molecule has 1 rings (SSSR count). The number of sulfonamides is 1. The van der Waals surface area contributed by atoms with Gasteiger partial charge in [0.15, 0.2) is 0 Å². The maximum atomic E-state index is 12.4. The molecule has 0 aromatic heterocycles. The van der Waals surface area contributed by atoms with Gasteiger partial charge >= 0.3 is 0 Å². The molecule has 1 N–H and O–H groups in total. The Morgan fingerprint density at radius 2 is 1.74 bits per heavy atom. The first-order valence-electron chi connectivity index (χ1n) is 7.52. The number of rotatable bonds is 7. The first kappa shape index (κ1) is 16.9. The van der Waals surface area contributed by atoms with Crippen molar-refractivity contribution in [2.24, 2.45) is 5.92 Å². The van der Waals surface area contributed by atoms with Crippen LogP contribution in [0.25, 0.3) is 0 Å². The second kappa shape index (κ2) is 7.60. The molecule has 5 heteroatoms. The van der Waals surface area contributed by atoms with E-state index in [0.29, 0.717) is 25.0 Å². The van der Waals surface area contributed by atoms with Gasteiger partial charge in [-0.3, -0.25) is 0 Å². The SMILES string of the molecule is CC(C)NCC(C)S(=O)(=O)N(C)CC1CCCCC1. The first-order chi connectivity index (χ1) is 8.84. The Bertz CT molecular complexity index is 348. The second-order valence-corrected chi connectivity index (χ2v) is 8.66. The van der Waals surface area contributed by atoms with Gasteiger partial charge in [-0.15, -0.1) is 0 Å². The van der Waals surface area contributed by atoms with Crippen molar-refractivity contribution in [3.05, 3.63) is 0 Å². The molecule has 0 spiro atoms. The Labute approximate surface area is 119 Å². The van der Waals surface area contributed by atoms with Gasteiger partial charge in [0.25, 0.3) is 0 Å². The fraction of sp³-hybridized carbons (Fsp3) is 1.00. The standard InChI is InChI=1S/C14H30N2O2S/c1-12(2)15-10-13(3)19(17,18)16(4)11-14-8-6-5-7-9-14/h12-15H,5-11H2,1-4H3. The molecule has 0 aromatic rings. The van der Waals surface area contributed by atoms with Crippen LogP contribution in [0.5, 0.6) is 0 Å². The van der Waals surface area contributed by atoms with Crippen LogP contribution in [0.2, 0.25) is 0 Å². The minimum Gasteiger partial charge on any atom is -0.313 e. The number of nitrogens with zero attached hydrogens (tertiary/aromatic N) is 1. The normalized spacial score (nSPS) is 20.1. The van der Waals surface area contributed by atoms with E-state index in [0.717, 1.165) is 0 Å². The fourth-order valence-electron chi connectivity index (χ4n) is 2.65. The Morgan fingerprint density at radius 3 is 2.26 bits per heavy atom. The van der Waals surface area contributed by atoms with E-state index in [1.54, 1.807) is 18.3 Å². The van der Waals surface area contributed by atoms with E-state index >= 15 is 0 Å². The molecule has 0 bridgehead atoms. The van der Waals surface area contributed by atoms with Crippen LogP contribution in [0.3, 0.4) is 0 Å². The van der Waals surface area contributed by atoms with Gasteiger partial charge in [0, 0.05) is 26.2 Å². The average Bonchev–Trinajstić information content (AvgIpc) is 2.36. The van der Waals surface area contributed by atoms with Crippen LogP contribution in [0.15, 0.2) is 0 Å². The molecular formula is C14H30N2O2S. The molecule has 0 aromatic carbocycles. The molecule has 0 aliphatic heterocycles. The maximum absolute atomic E-state index is 12.4. The summed E-state index contributed by atoms with van der Waals surface area (Å²) in [5.41, 5.74) is 0. The summed E-state index contributed by atoms with van der Waals surface area (Å²) in [6, 6.07) is 0.321. The highest BCUT2D eigenvalue weighted by Crippen LogP contribution is 2.25. The largest absolute Gasteiger partial charge is 0.313 e. The van der Waals surface area contributed by atoms with Crippen molar-refractivity contribution >= 4 is 10.0 Å². The molecule has 0 heterocycles. The predicted octanol–water partition coefficient (Wildman–Crippen LogP) is 2.21. The van der Waals surface area contributed by atoms with E-state index in [1.165, 1.54) is 32.1 Å².